The molecule has 82 valence electrons. The molecule has 0 amide bonds. The van der Waals surface area contributed by atoms with Gasteiger partial charge in [-0.3, -0.25) is 9.97 Å². The van der Waals surface area contributed by atoms with Gasteiger partial charge in [0.1, 0.15) is 0 Å². The van der Waals surface area contributed by atoms with Crippen molar-refractivity contribution >= 4 is 16.9 Å². The van der Waals surface area contributed by atoms with Crippen LogP contribution >= 0.6 is 0 Å². The molecule has 2 heterocycles. The molecule has 0 aromatic carbocycles. The van der Waals surface area contributed by atoms with Crippen LogP contribution in [0.15, 0.2) is 30.7 Å². The zero-order valence-electron chi connectivity index (χ0n) is 9.04. The second kappa shape index (κ2) is 4.24. The maximum Gasteiger partial charge on any atom is 0.358 e. The van der Waals surface area contributed by atoms with E-state index in [1.807, 2.05) is 0 Å². The van der Waals surface area contributed by atoms with Crippen molar-refractivity contribution in [3.63, 3.8) is 0 Å². The van der Waals surface area contributed by atoms with Gasteiger partial charge in [-0.05, 0) is 12.1 Å². The van der Waals surface area contributed by atoms with Crippen LogP contribution in [0.25, 0.3) is 10.9 Å². The van der Waals surface area contributed by atoms with E-state index in [0.717, 1.165) is 10.9 Å². The molecule has 2 aromatic heterocycles. The molecule has 2 rings (SSSR count). The molecular formula is C11H11N3O2. The van der Waals surface area contributed by atoms with Crippen LogP contribution in [0, 0.1) is 0 Å². The lowest BCUT2D eigenvalue weighted by molar-refractivity contribution is -0.0713. The number of aromatic nitrogens is 2. The summed E-state index contributed by atoms with van der Waals surface area (Å²) in [7, 11) is 3.30. The lowest BCUT2D eigenvalue weighted by Crippen LogP contribution is -2.18. The number of hydrogen-bond donors (Lipinski definition) is 0. The van der Waals surface area contributed by atoms with Crippen LogP contribution in [-0.4, -0.2) is 35.1 Å². The molecule has 0 bridgehead atoms. The summed E-state index contributed by atoms with van der Waals surface area (Å²) < 4.78 is 0. The van der Waals surface area contributed by atoms with Gasteiger partial charge >= 0.3 is 5.97 Å². The van der Waals surface area contributed by atoms with Crippen LogP contribution in [-0.2, 0) is 4.84 Å². The van der Waals surface area contributed by atoms with E-state index in [9.17, 15) is 4.79 Å². The van der Waals surface area contributed by atoms with Gasteiger partial charge in [-0.25, -0.2) is 4.79 Å². The summed E-state index contributed by atoms with van der Waals surface area (Å²) in [6, 6.07) is 3.53. The zero-order valence-corrected chi connectivity index (χ0v) is 9.04. The number of hydrogen-bond acceptors (Lipinski definition) is 5. The molecule has 0 N–H and O–H groups in total. The summed E-state index contributed by atoms with van der Waals surface area (Å²) in [6.45, 7) is 0. The molecule has 0 fully saturated rings. The zero-order chi connectivity index (χ0) is 11.5. The fraction of sp³-hybridized carbons (Fsp3) is 0.182. The van der Waals surface area contributed by atoms with Gasteiger partial charge in [-0.15, -0.1) is 5.06 Å². The molecule has 2 aromatic rings. The Hall–Kier alpha value is -2.01. The predicted octanol–water partition coefficient (Wildman–Crippen LogP) is 1.26. The minimum absolute atomic E-state index is 0.420. The Kier molecular flexibility index (Phi) is 2.78. The third kappa shape index (κ3) is 2.14. The quantitative estimate of drug-likeness (QED) is 0.709. The molecule has 0 saturated carbocycles. The SMILES string of the molecule is CN(C)OC(=O)c1cnc2cnccc2c1. The van der Waals surface area contributed by atoms with Crippen molar-refractivity contribution in [1.29, 1.82) is 0 Å². The lowest BCUT2D eigenvalue weighted by atomic mass is 10.2. The van der Waals surface area contributed by atoms with Crippen molar-refractivity contribution in [2.24, 2.45) is 0 Å². The molecule has 0 atom stereocenters. The van der Waals surface area contributed by atoms with Gasteiger partial charge in [0, 0.05) is 31.9 Å². The Morgan fingerprint density at radius 2 is 2.19 bits per heavy atom. The molecule has 0 spiro atoms. The van der Waals surface area contributed by atoms with Gasteiger partial charge in [-0.2, -0.15) is 0 Å². The number of pyridine rings is 2. The molecule has 0 radical (unpaired) electrons. The van der Waals surface area contributed by atoms with E-state index in [-0.39, 0.29) is 0 Å². The highest BCUT2D eigenvalue weighted by Crippen LogP contribution is 2.12. The first kappa shape index (κ1) is 10.5. The van der Waals surface area contributed by atoms with E-state index in [4.69, 9.17) is 4.84 Å². The molecule has 0 unspecified atom stereocenters. The summed E-state index contributed by atoms with van der Waals surface area (Å²) in [4.78, 5) is 24.6. The molecule has 5 nitrogen and oxygen atoms in total. The topological polar surface area (TPSA) is 55.3 Å². The van der Waals surface area contributed by atoms with E-state index in [0.29, 0.717) is 5.56 Å². The van der Waals surface area contributed by atoms with Crippen molar-refractivity contribution in [3.05, 3.63) is 36.3 Å². The Balaban J connectivity index is 2.35. The molecular weight excluding hydrogens is 206 g/mol. The number of nitrogens with zero attached hydrogens (tertiary/aromatic N) is 3. The second-order valence-corrected chi connectivity index (χ2v) is 3.48. The average molecular weight is 217 g/mol. The van der Waals surface area contributed by atoms with Crippen molar-refractivity contribution in [2.75, 3.05) is 14.1 Å². The summed E-state index contributed by atoms with van der Waals surface area (Å²) >= 11 is 0. The van der Waals surface area contributed by atoms with Crippen LogP contribution in [0.1, 0.15) is 10.4 Å². The smallest absolute Gasteiger partial charge is 0.358 e. The Labute approximate surface area is 92.6 Å². The van der Waals surface area contributed by atoms with Crippen LogP contribution in [0.2, 0.25) is 0 Å². The first-order chi connectivity index (χ1) is 7.66. The second-order valence-electron chi connectivity index (χ2n) is 3.48. The minimum Gasteiger partial charge on any atom is -0.364 e. The number of fused-ring (bicyclic) bond motifs is 1. The van der Waals surface area contributed by atoms with Crippen molar-refractivity contribution < 1.29 is 9.63 Å². The van der Waals surface area contributed by atoms with Crippen molar-refractivity contribution in [3.8, 4) is 0 Å². The van der Waals surface area contributed by atoms with E-state index >= 15 is 0 Å². The molecule has 0 aliphatic rings. The Morgan fingerprint density at radius 1 is 1.38 bits per heavy atom. The average Bonchev–Trinajstić information content (AvgIpc) is 2.27. The van der Waals surface area contributed by atoms with Gasteiger partial charge in [0.2, 0.25) is 0 Å². The number of hydroxylamine groups is 2. The highest BCUT2D eigenvalue weighted by atomic mass is 16.7. The number of carbonyl (C=O) groups is 1. The van der Waals surface area contributed by atoms with Crippen molar-refractivity contribution in [2.45, 2.75) is 0 Å². The Morgan fingerprint density at radius 3 is 2.94 bits per heavy atom. The van der Waals surface area contributed by atoms with Gasteiger partial charge in [-0.1, -0.05) is 0 Å². The predicted molar refractivity (Wildman–Crippen MR) is 58.6 cm³/mol. The van der Waals surface area contributed by atoms with Gasteiger partial charge in [0.25, 0.3) is 0 Å². The van der Waals surface area contributed by atoms with Crippen LogP contribution in [0.3, 0.4) is 0 Å². The number of rotatable bonds is 2. The Bertz CT molecular complexity index is 525. The van der Waals surface area contributed by atoms with E-state index in [1.165, 1.54) is 11.3 Å². The first-order valence-corrected chi connectivity index (χ1v) is 4.76. The normalized spacial score (nSPS) is 10.7. The van der Waals surface area contributed by atoms with Crippen LogP contribution in [0.4, 0.5) is 0 Å². The molecule has 0 saturated heterocycles. The fourth-order valence-electron chi connectivity index (χ4n) is 1.30. The van der Waals surface area contributed by atoms with E-state index in [2.05, 4.69) is 9.97 Å². The first-order valence-electron chi connectivity index (χ1n) is 4.76. The maximum absolute atomic E-state index is 11.6. The third-order valence-electron chi connectivity index (χ3n) is 1.99. The minimum atomic E-state index is -0.420. The van der Waals surface area contributed by atoms with Crippen LogP contribution in [0.5, 0.6) is 0 Å². The van der Waals surface area contributed by atoms with Crippen molar-refractivity contribution in [1.82, 2.24) is 15.0 Å². The molecule has 16 heavy (non-hydrogen) atoms. The summed E-state index contributed by atoms with van der Waals surface area (Å²) in [5.74, 6) is -0.420. The third-order valence-corrected chi connectivity index (χ3v) is 1.99. The standard InChI is InChI=1S/C11H11N3O2/c1-14(2)16-11(15)9-5-8-3-4-12-7-10(8)13-6-9/h3-7H,1-2H3. The summed E-state index contributed by atoms with van der Waals surface area (Å²) in [5, 5.41) is 2.21. The maximum atomic E-state index is 11.6. The van der Waals surface area contributed by atoms with E-state index < -0.39 is 5.97 Å². The highest BCUT2D eigenvalue weighted by molar-refractivity contribution is 5.93. The number of carbonyl (C=O) groups excluding carboxylic acids is 1. The molecule has 0 aliphatic heterocycles. The van der Waals surface area contributed by atoms with Gasteiger partial charge in [0.15, 0.2) is 0 Å². The lowest BCUT2D eigenvalue weighted by Gasteiger charge is -2.09. The molecule has 0 aliphatic carbocycles. The largest absolute Gasteiger partial charge is 0.364 e. The summed E-state index contributed by atoms with van der Waals surface area (Å²) in [5.41, 5.74) is 1.18. The highest BCUT2D eigenvalue weighted by Gasteiger charge is 2.09. The fourth-order valence-corrected chi connectivity index (χ4v) is 1.30. The van der Waals surface area contributed by atoms with E-state index in [1.54, 1.807) is 38.6 Å². The monoisotopic (exact) mass is 217 g/mol. The summed E-state index contributed by atoms with van der Waals surface area (Å²) in [6.07, 6.45) is 4.79. The van der Waals surface area contributed by atoms with Gasteiger partial charge < -0.3 is 4.84 Å². The molecule has 5 heteroatoms. The van der Waals surface area contributed by atoms with Gasteiger partial charge in [0.05, 0.1) is 17.3 Å². The van der Waals surface area contributed by atoms with Crippen LogP contribution < -0.4 is 0 Å².